The van der Waals surface area contributed by atoms with Crippen molar-refractivity contribution in [2.45, 2.75) is 25.9 Å². The molecule has 0 radical (unpaired) electrons. The maximum atomic E-state index is 12.7. The lowest BCUT2D eigenvalue weighted by molar-refractivity contribution is 0.0595. The molecule has 0 atom stereocenters. The largest absolute Gasteiger partial charge is 0.497 e. The molecule has 0 saturated carbocycles. The van der Waals surface area contributed by atoms with Crippen molar-refractivity contribution in [1.29, 1.82) is 0 Å². The van der Waals surface area contributed by atoms with E-state index in [2.05, 4.69) is 24.0 Å². The molecule has 4 rings (SSSR count). The fraction of sp³-hybridized carbons (Fsp3) is 0.333. The van der Waals surface area contributed by atoms with Crippen molar-refractivity contribution >= 4 is 27.5 Å². The Labute approximate surface area is 162 Å². The third-order valence-corrected chi connectivity index (χ3v) is 5.83. The number of ether oxygens (including phenoxy) is 2. The summed E-state index contributed by atoms with van der Waals surface area (Å²) in [6.07, 6.45) is 1.72. The molecule has 140 valence electrons. The van der Waals surface area contributed by atoms with Crippen LogP contribution in [0.15, 0.2) is 42.5 Å². The number of nitrogens with zero attached hydrogens (tertiary/aromatic N) is 2. The number of methoxy groups -OCH3 is 1. The van der Waals surface area contributed by atoms with Gasteiger partial charge in [-0.2, -0.15) is 0 Å². The van der Waals surface area contributed by atoms with Crippen molar-refractivity contribution in [3.63, 3.8) is 0 Å². The van der Waals surface area contributed by atoms with Crippen LogP contribution in [0.1, 0.15) is 28.8 Å². The zero-order valence-electron chi connectivity index (χ0n) is 15.5. The average Bonchev–Trinajstić information content (AvgIpc) is 3.12. The van der Waals surface area contributed by atoms with Gasteiger partial charge in [-0.3, -0.25) is 4.79 Å². The summed E-state index contributed by atoms with van der Waals surface area (Å²) in [5, 5.41) is 0.719. The molecule has 0 aliphatic carbocycles. The van der Waals surface area contributed by atoms with Gasteiger partial charge in [0.25, 0.3) is 11.1 Å². The van der Waals surface area contributed by atoms with E-state index in [0.29, 0.717) is 24.4 Å². The van der Waals surface area contributed by atoms with E-state index in [4.69, 9.17) is 9.47 Å². The summed E-state index contributed by atoms with van der Waals surface area (Å²) in [6.45, 7) is 3.43. The third kappa shape index (κ3) is 3.76. The molecule has 1 aliphatic rings. The predicted octanol–water partition coefficient (Wildman–Crippen LogP) is 4.30. The minimum Gasteiger partial charge on any atom is -0.497 e. The van der Waals surface area contributed by atoms with Crippen LogP contribution in [0.4, 0.5) is 0 Å². The standard InChI is InChI=1S/C21H22N2O3S/c1-14-5-3-8-18-19(14)22-21(27-18)26-16-9-11-23(12-10-16)20(24)15-6-4-7-17(13-15)25-2/h3-8,13,16H,9-12H2,1-2H3. The van der Waals surface area contributed by atoms with Gasteiger partial charge in [-0.1, -0.05) is 29.5 Å². The van der Waals surface area contributed by atoms with E-state index >= 15 is 0 Å². The second-order valence-corrected chi connectivity index (χ2v) is 7.74. The number of amides is 1. The molecule has 3 aromatic rings. The molecule has 1 fully saturated rings. The van der Waals surface area contributed by atoms with E-state index in [0.717, 1.165) is 33.8 Å². The summed E-state index contributed by atoms with van der Waals surface area (Å²) in [7, 11) is 1.61. The van der Waals surface area contributed by atoms with Gasteiger partial charge in [0.1, 0.15) is 11.9 Å². The highest BCUT2D eigenvalue weighted by atomic mass is 32.1. The molecule has 0 spiro atoms. The summed E-state index contributed by atoms with van der Waals surface area (Å²) in [4.78, 5) is 19.2. The van der Waals surface area contributed by atoms with Crippen molar-refractivity contribution in [2.75, 3.05) is 20.2 Å². The number of hydrogen-bond acceptors (Lipinski definition) is 5. The molecule has 0 unspecified atom stereocenters. The normalized spacial score (nSPS) is 15.1. The SMILES string of the molecule is COc1cccc(C(=O)N2CCC(Oc3nc4c(C)cccc4s3)CC2)c1. The summed E-state index contributed by atoms with van der Waals surface area (Å²) >= 11 is 1.59. The Morgan fingerprint density at radius 3 is 2.70 bits per heavy atom. The van der Waals surface area contributed by atoms with Crippen LogP contribution in [0.2, 0.25) is 0 Å². The first-order valence-electron chi connectivity index (χ1n) is 9.10. The first kappa shape index (κ1) is 17.8. The minimum atomic E-state index is 0.0444. The molecule has 1 aromatic heterocycles. The van der Waals surface area contributed by atoms with Crippen molar-refractivity contribution in [3.05, 3.63) is 53.6 Å². The van der Waals surface area contributed by atoms with Crippen LogP contribution < -0.4 is 9.47 Å². The zero-order chi connectivity index (χ0) is 18.8. The second-order valence-electron chi connectivity index (χ2n) is 6.74. The van der Waals surface area contributed by atoms with Gasteiger partial charge in [0, 0.05) is 31.5 Å². The topological polar surface area (TPSA) is 51.7 Å². The van der Waals surface area contributed by atoms with Crippen LogP contribution in [0, 0.1) is 6.92 Å². The predicted molar refractivity (Wildman–Crippen MR) is 107 cm³/mol. The fourth-order valence-electron chi connectivity index (χ4n) is 3.37. The van der Waals surface area contributed by atoms with Gasteiger partial charge in [-0.05, 0) is 36.8 Å². The van der Waals surface area contributed by atoms with Crippen LogP contribution in [-0.2, 0) is 0 Å². The average molecular weight is 382 g/mol. The van der Waals surface area contributed by atoms with E-state index in [-0.39, 0.29) is 12.0 Å². The van der Waals surface area contributed by atoms with E-state index in [1.165, 1.54) is 0 Å². The molecule has 1 saturated heterocycles. The number of hydrogen-bond donors (Lipinski definition) is 0. The van der Waals surface area contributed by atoms with Crippen LogP contribution in [0.25, 0.3) is 10.2 Å². The Morgan fingerprint density at radius 1 is 1.19 bits per heavy atom. The fourth-order valence-corrected chi connectivity index (χ4v) is 4.33. The lowest BCUT2D eigenvalue weighted by Crippen LogP contribution is -2.41. The number of piperidine rings is 1. The molecule has 6 heteroatoms. The number of para-hydroxylation sites is 1. The van der Waals surface area contributed by atoms with Crippen molar-refractivity contribution in [2.24, 2.45) is 0 Å². The zero-order valence-corrected chi connectivity index (χ0v) is 16.3. The van der Waals surface area contributed by atoms with E-state index in [1.807, 2.05) is 29.2 Å². The summed E-state index contributed by atoms with van der Waals surface area (Å²) < 4.78 is 12.5. The number of rotatable bonds is 4. The Morgan fingerprint density at radius 2 is 1.96 bits per heavy atom. The second kappa shape index (κ2) is 7.56. The Hall–Kier alpha value is -2.60. The number of carbonyl (C=O) groups is 1. The molecular weight excluding hydrogens is 360 g/mol. The maximum Gasteiger partial charge on any atom is 0.274 e. The van der Waals surface area contributed by atoms with E-state index < -0.39 is 0 Å². The highest BCUT2D eigenvalue weighted by Crippen LogP contribution is 2.31. The van der Waals surface area contributed by atoms with E-state index in [9.17, 15) is 4.79 Å². The number of aryl methyl sites for hydroxylation is 1. The number of thiazole rings is 1. The molecular formula is C21H22N2O3S. The minimum absolute atomic E-state index is 0.0444. The summed E-state index contributed by atoms with van der Waals surface area (Å²) in [5.74, 6) is 0.744. The van der Waals surface area contributed by atoms with Gasteiger partial charge < -0.3 is 14.4 Å². The molecule has 1 amide bonds. The van der Waals surface area contributed by atoms with Gasteiger partial charge in [0.15, 0.2) is 0 Å². The number of carbonyl (C=O) groups excluding carboxylic acids is 1. The lowest BCUT2D eigenvalue weighted by atomic mass is 10.1. The van der Waals surface area contributed by atoms with E-state index in [1.54, 1.807) is 24.5 Å². The van der Waals surface area contributed by atoms with Crippen LogP contribution in [0.5, 0.6) is 10.9 Å². The van der Waals surface area contributed by atoms with Gasteiger partial charge in [-0.15, -0.1) is 0 Å². The molecule has 27 heavy (non-hydrogen) atoms. The molecule has 5 nitrogen and oxygen atoms in total. The number of likely N-dealkylation sites (tertiary alicyclic amines) is 1. The third-order valence-electron chi connectivity index (χ3n) is 4.91. The lowest BCUT2D eigenvalue weighted by Gasteiger charge is -2.31. The summed E-state index contributed by atoms with van der Waals surface area (Å²) in [6, 6.07) is 13.5. The molecule has 1 aliphatic heterocycles. The quantitative estimate of drug-likeness (QED) is 0.675. The van der Waals surface area contributed by atoms with Crippen LogP contribution in [0.3, 0.4) is 0 Å². The Balaban J connectivity index is 1.38. The van der Waals surface area contributed by atoms with Gasteiger partial charge >= 0.3 is 0 Å². The first-order chi connectivity index (χ1) is 13.1. The number of aromatic nitrogens is 1. The smallest absolute Gasteiger partial charge is 0.274 e. The highest BCUT2D eigenvalue weighted by Gasteiger charge is 2.25. The molecule has 2 aromatic carbocycles. The van der Waals surface area contributed by atoms with Crippen molar-refractivity contribution < 1.29 is 14.3 Å². The van der Waals surface area contributed by atoms with Gasteiger partial charge in [0.05, 0.1) is 17.3 Å². The monoisotopic (exact) mass is 382 g/mol. The molecule has 2 heterocycles. The van der Waals surface area contributed by atoms with Crippen LogP contribution >= 0.6 is 11.3 Å². The first-order valence-corrected chi connectivity index (χ1v) is 9.92. The number of benzene rings is 2. The van der Waals surface area contributed by atoms with Crippen molar-refractivity contribution in [3.8, 4) is 10.9 Å². The van der Waals surface area contributed by atoms with Crippen molar-refractivity contribution in [1.82, 2.24) is 9.88 Å². The molecule has 0 bridgehead atoms. The van der Waals surface area contributed by atoms with Gasteiger partial charge in [-0.25, -0.2) is 4.98 Å². The molecule has 0 N–H and O–H groups in total. The van der Waals surface area contributed by atoms with Crippen LogP contribution in [-0.4, -0.2) is 42.1 Å². The maximum absolute atomic E-state index is 12.7. The van der Waals surface area contributed by atoms with Gasteiger partial charge in [0.2, 0.25) is 0 Å². The Bertz CT molecular complexity index is 961. The number of fused-ring (bicyclic) bond motifs is 1. The Kier molecular flexibility index (Phi) is 4.99. The highest BCUT2D eigenvalue weighted by molar-refractivity contribution is 7.20. The summed E-state index contributed by atoms with van der Waals surface area (Å²) in [5.41, 5.74) is 2.84.